The monoisotopic (exact) mass is 249 g/mol. The van der Waals surface area contributed by atoms with Crippen molar-refractivity contribution in [2.24, 2.45) is 5.92 Å². The highest BCUT2D eigenvalue weighted by atomic mass is 16.5. The Morgan fingerprint density at radius 3 is 2.94 bits per heavy atom. The van der Waals surface area contributed by atoms with E-state index in [1.54, 1.807) is 18.2 Å². The summed E-state index contributed by atoms with van der Waals surface area (Å²) >= 11 is 0. The van der Waals surface area contributed by atoms with Crippen LogP contribution in [0.3, 0.4) is 0 Å². The number of hydrogen-bond acceptors (Lipinski definition) is 3. The number of benzene rings is 1. The zero-order valence-corrected chi connectivity index (χ0v) is 10.6. The molecule has 1 aliphatic heterocycles. The third-order valence-electron chi connectivity index (χ3n) is 3.44. The van der Waals surface area contributed by atoms with Gasteiger partial charge in [0.25, 0.3) is 0 Å². The van der Waals surface area contributed by atoms with Gasteiger partial charge in [0, 0.05) is 24.6 Å². The second kappa shape index (κ2) is 5.87. The third kappa shape index (κ3) is 3.23. The average molecular weight is 249 g/mol. The van der Waals surface area contributed by atoms with Gasteiger partial charge in [-0.05, 0) is 19.4 Å². The van der Waals surface area contributed by atoms with E-state index in [0.29, 0.717) is 18.0 Å². The number of aromatic hydroxyl groups is 1. The Balaban J connectivity index is 1.80. The van der Waals surface area contributed by atoms with Crippen LogP contribution in [0.15, 0.2) is 24.3 Å². The summed E-state index contributed by atoms with van der Waals surface area (Å²) in [5.41, 5.74) is 0.658. The fourth-order valence-electron chi connectivity index (χ4n) is 2.18. The lowest BCUT2D eigenvalue weighted by atomic mass is 10.0. The molecule has 0 aromatic heterocycles. The first-order valence-corrected chi connectivity index (χ1v) is 6.32. The molecule has 1 amide bonds. The fraction of sp³-hybridized carbons (Fsp3) is 0.500. The molecule has 2 N–H and O–H groups in total. The summed E-state index contributed by atoms with van der Waals surface area (Å²) in [4.78, 5) is 11.8. The molecule has 18 heavy (non-hydrogen) atoms. The number of nitrogens with one attached hydrogen (secondary N) is 1. The van der Waals surface area contributed by atoms with Gasteiger partial charge in [0.2, 0.25) is 5.91 Å². The van der Waals surface area contributed by atoms with Crippen molar-refractivity contribution in [1.29, 1.82) is 0 Å². The van der Waals surface area contributed by atoms with Crippen molar-refractivity contribution in [2.45, 2.75) is 25.9 Å². The lowest BCUT2D eigenvalue weighted by Crippen LogP contribution is -2.32. The van der Waals surface area contributed by atoms with Crippen LogP contribution >= 0.6 is 0 Å². The van der Waals surface area contributed by atoms with Gasteiger partial charge >= 0.3 is 0 Å². The quantitative estimate of drug-likeness (QED) is 0.849. The van der Waals surface area contributed by atoms with Gasteiger partial charge in [-0.1, -0.05) is 18.2 Å². The number of phenolic OH excluding ortho intramolecular Hbond substituents is 1. The topological polar surface area (TPSA) is 58.6 Å². The highest BCUT2D eigenvalue weighted by Gasteiger charge is 2.24. The zero-order chi connectivity index (χ0) is 13.0. The summed E-state index contributed by atoms with van der Waals surface area (Å²) in [7, 11) is 0. The van der Waals surface area contributed by atoms with Crippen LogP contribution in [0.5, 0.6) is 5.75 Å². The number of hydrogen-bond donors (Lipinski definition) is 2. The number of carbonyl (C=O) groups excluding carboxylic acids is 1. The highest BCUT2D eigenvalue weighted by Crippen LogP contribution is 2.19. The minimum absolute atomic E-state index is 0.0596. The predicted molar refractivity (Wildman–Crippen MR) is 68.3 cm³/mol. The minimum atomic E-state index is -0.0596. The van der Waals surface area contributed by atoms with Gasteiger partial charge in [0.05, 0.1) is 12.5 Å². The molecule has 0 saturated carbocycles. The van der Waals surface area contributed by atoms with Crippen LogP contribution in [0.4, 0.5) is 0 Å². The number of amides is 1. The van der Waals surface area contributed by atoms with Crippen LogP contribution in [0.25, 0.3) is 0 Å². The molecule has 1 saturated heterocycles. The summed E-state index contributed by atoms with van der Waals surface area (Å²) in [6.07, 6.45) is 1.43. The molecule has 1 aromatic carbocycles. The van der Waals surface area contributed by atoms with Gasteiger partial charge in [0.1, 0.15) is 5.75 Å². The number of phenols is 1. The van der Waals surface area contributed by atoms with Gasteiger partial charge in [-0.3, -0.25) is 4.79 Å². The fourth-order valence-corrected chi connectivity index (χ4v) is 2.18. The van der Waals surface area contributed by atoms with Gasteiger partial charge in [0.15, 0.2) is 0 Å². The first-order chi connectivity index (χ1) is 8.66. The van der Waals surface area contributed by atoms with Crippen molar-refractivity contribution in [2.75, 3.05) is 13.2 Å². The first kappa shape index (κ1) is 12.9. The molecular formula is C14H19NO3. The Morgan fingerprint density at radius 2 is 2.28 bits per heavy atom. The predicted octanol–water partition coefficient (Wildman–Crippen LogP) is 1.48. The number of para-hydroxylation sites is 1. The van der Waals surface area contributed by atoms with Gasteiger partial charge in [-0.25, -0.2) is 0 Å². The highest BCUT2D eigenvalue weighted by molar-refractivity contribution is 5.79. The van der Waals surface area contributed by atoms with Crippen LogP contribution in [0.2, 0.25) is 0 Å². The van der Waals surface area contributed by atoms with E-state index < -0.39 is 0 Å². The van der Waals surface area contributed by atoms with Gasteiger partial charge in [-0.15, -0.1) is 0 Å². The minimum Gasteiger partial charge on any atom is -0.508 e. The maximum atomic E-state index is 11.8. The standard InChI is InChI=1S/C14H19NO3/c1-10-12(6-7-18-10)9-15-14(17)8-11-4-2-3-5-13(11)16/h2-5,10,12,16H,6-9H2,1H3,(H,15,17). The molecule has 0 radical (unpaired) electrons. The van der Waals surface area contributed by atoms with Crippen LogP contribution in [0, 0.1) is 5.92 Å². The summed E-state index contributed by atoms with van der Waals surface area (Å²) in [6, 6.07) is 6.91. The maximum absolute atomic E-state index is 11.8. The zero-order valence-electron chi connectivity index (χ0n) is 10.6. The molecule has 1 aliphatic rings. The van der Waals surface area contributed by atoms with Crippen LogP contribution in [-0.4, -0.2) is 30.3 Å². The van der Waals surface area contributed by atoms with Crippen molar-refractivity contribution < 1.29 is 14.6 Å². The Kier molecular flexibility index (Phi) is 4.20. The summed E-state index contributed by atoms with van der Waals surface area (Å²) in [5, 5.41) is 12.5. The van der Waals surface area contributed by atoms with E-state index in [-0.39, 0.29) is 24.2 Å². The lowest BCUT2D eigenvalue weighted by molar-refractivity contribution is -0.120. The number of carbonyl (C=O) groups is 1. The van der Waals surface area contributed by atoms with Gasteiger partial charge < -0.3 is 15.2 Å². The molecule has 98 valence electrons. The second-order valence-electron chi connectivity index (χ2n) is 4.73. The molecule has 0 bridgehead atoms. The van der Waals surface area contributed by atoms with Crippen molar-refractivity contribution >= 4 is 5.91 Å². The molecule has 1 heterocycles. The van der Waals surface area contributed by atoms with E-state index in [1.807, 2.05) is 13.0 Å². The Morgan fingerprint density at radius 1 is 1.50 bits per heavy atom. The summed E-state index contributed by atoms with van der Waals surface area (Å²) < 4.78 is 5.44. The van der Waals surface area contributed by atoms with Crippen LogP contribution < -0.4 is 5.32 Å². The smallest absolute Gasteiger partial charge is 0.224 e. The summed E-state index contributed by atoms with van der Waals surface area (Å²) in [5.74, 6) is 0.513. The third-order valence-corrected chi connectivity index (χ3v) is 3.44. The van der Waals surface area contributed by atoms with E-state index in [2.05, 4.69) is 5.32 Å². The van der Waals surface area contributed by atoms with Crippen LogP contribution in [-0.2, 0) is 16.0 Å². The van der Waals surface area contributed by atoms with E-state index in [9.17, 15) is 9.90 Å². The van der Waals surface area contributed by atoms with Crippen molar-refractivity contribution in [3.05, 3.63) is 29.8 Å². The molecule has 0 aliphatic carbocycles. The molecule has 2 rings (SSSR count). The molecule has 4 heteroatoms. The maximum Gasteiger partial charge on any atom is 0.224 e. The molecule has 0 spiro atoms. The lowest BCUT2D eigenvalue weighted by Gasteiger charge is -2.14. The molecule has 2 unspecified atom stereocenters. The average Bonchev–Trinajstić information content (AvgIpc) is 2.75. The van der Waals surface area contributed by atoms with Crippen molar-refractivity contribution in [3.8, 4) is 5.75 Å². The Bertz CT molecular complexity index is 419. The van der Waals surface area contributed by atoms with E-state index >= 15 is 0 Å². The SMILES string of the molecule is CC1OCCC1CNC(=O)Cc1ccccc1O. The molecule has 2 atom stereocenters. The molecule has 1 aromatic rings. The van der Waals surface area contributed by atoms with E-state index in [0.717, 1.165) is 13.0 Å². The van der Waals surface area contributed by atoms with Crippen molar-refractivity contribution in [3.63, 3.8) is 0 Å². The van der Waals surface area contributed by atoms with Gasteiger partial charge in [-0.2, -0.15) is 0 Å². The molecular weight excluding hydrogens is 230 g/mol. The largest absolute Gasteiger partial charge is 0.508 e. The van der Waals surface area contributed by atoms with E-state index in [1.165, 1.54) is 0 Å². The van der Waals surface area contributed by atoms with E-state index in [4.69, 9.17) is 4.74 Å². The first-order valence-electron chi connectivity index (χ1n) is 6.32. The van der Waals surface area contributed by atoms with Crippen LogP contribution in [0.1, 0.15) is 18.9 Å². The molecule has 4 nitrogen and oxygen atoms in total. The van der Waals surface area contributed by atoms with Crippen molar-refractivity contribution in [1.82, 2.24) is 5.32 Å². The number of ether oxygens (including phenoxy) is 1. The Labute approximate surface area is 107 Å². The normalized spacial score (nSPS) is 22.9. The Hall–Kier alpha value is -1.55. The number of rotatable bonds is 4. The molecule has 1 fully saturated rings. The summed E-state index contributed by atoms with van der Waals surface area (Å²) in [6.45, 7) is 3.46. The second-order valence-corrected chi connectivity index (χ2v) is 4.73.